The summed E-state index contributed by atoms with van der Waals surface area (Å²) in [5.74, 6) is -1.66. The lowest BCUT2D eigenvalue weighted by atomic mass is 10.0. The number of sulfone groups is 1. The second-order valence-electron chi connectivity index (χ2n) is 5.01. The largest absolute Gasteiger partial charge is 0.462 e. The zero-order valence-electron chi connectivity index (χ0n) is 13.4. The summed E-state index contributed by atoms with van der Waals surface area (Å²) in [5.41, 5.74) is 4.18. The van der Waals surface area contributed by atoms with Gasteiger partial charge < -0.3 is 10.5 Å². The summed E-state index contributed by atoms with van der Waals surface area (Å²) in [6.45, 7) is 1.56. The first kappa shape index (κ1) is 18.4. The number of nitrogens with zero attached hydrogens (tertiary/aromatic N) is 2. The molecule has 1 aromatic heterocycles. The van der Waals surface area contributed by atoms with Gasteiger partial charge in [-0.15, -0.1) is 0 Å². The standard InChI is InChI=1S/C16H14FN3O4S/c1-3-24-16(21)12-13(19)10(8-18)15(25(2,22)23)20-14(12)9-6-4-5-7-11(9)17/h4-7H,3H2,1-2H3,(H2,19,20). The number of nitriles is 1. The van der Waals surface area contributed by atoms with E-state index in [1.807, 2.05) is 0 Å². The lowest BCUT2D eigenvalue weighted by molar-refractivity contribution is 0.0528. The molecule has 0 saturated heterocycles. The molecule has 2 aromatic rings. The van der Waals surface area contributed by atoms with Gasteiger partial charge in [0.25, 0.3) is 0 Å². The maximum Gasteiger partial charge on any atom is 0.342 e. The van der Waals surface area contributed by atoms with Crippen molar-refractivity contribution in [2.45, 2.75) is 11.9 Å². The highest BCUT2D eigenvalue weighted by Crippen LogP contribution is 2.33. The number of nitrogens with two attached hydrogens (primary N) is 1. The molecule has 130 valence electrons. The minimum Gasteiger partial charge on any atom is -0.462 e. The second-order valence-corrected chi connectivity index (χ2v) is 6.94. The third-order valence-electron chi connectivity index (χ3n) is 3.27. The maximum atomic E-state index is 14.2. The van der Waals surface area contributed by atoms with Crippen LogP contribution in [0.3, 0.4) is 0 Å². The average Bonchev–Trinajstić information content (AvgIpc) is 2.53. The van der Waals surface area contributed by atoms with Crippen LogP contribution < -0.4 is 5.73 Å². The Morgan fingerprint density at radius 3 is 2.56 bits per heavy atom. The van der Waals surface area contributed by atoms with Crippen LogP contribution in [0, 0.1) is 17.1 Å². The Balaban J connectivity index is 2.98. The van der Waals surface area contributed by atoms with Crippen molar-refractivity contribution in [3.8, 4) is 17.3 Å². The number of halogens is 1. The van der Waals surface area contributed by atoms with Crippen LogP contribution in [0.4, 0.5) is 10.1 Å². The second kappa shape index (κ2) is 6.86. The van der Waals surface area contributed by atoms with Crippen molar-refractivity contribution < 1.29 is 22.3 Å². The number of anilines is 1. The van der Waals surface area contributed by atoms with Crippen molar-refractivity contribution in [1.29, 1.82) is 5.26 Å². The molecule has 0 saturated carbocycles. The third kappa shape index (κ3) is 3.44. The van der Waals surface area contributed by atoms with Crippen LogP contribution in [0.5, 0.6) is 0 Å². The number of hydrogen-bond acceptors (Lipinski definition) is 7. The molecule has 0 aliphatic carbocycles. The summed E-state index contributed by atoms with van der Waals surface area (Å²) in [6.07, 6.45) is 0.838. The van der Waals surface area contributed by atoms with Gasteiger partial charge in [-0.25, -0.2) is 22.6 Å². The first-order valence-electron chi connectivity index (χ1n) is 7.08. The Hall–Kier alpha value is -2.99. The highest BCUT2D eigenvalue weighted by molar-refractivity contribution is 7.90. The van der Waals surface area contributed by atoms with E-state index < -0.39 is 37.9 Å². The minimum atomic E-state index is -3.95. The van der Waals surface area contributed by atoms with Crippen LogP contribution in [0.1, 0.15) is 22.8 Å². The molecule has 2 rings (SSSR count). The van der Waals surface area contributed by atoms with Gasteiger partial charge in [0.15, 0.2) is 14.9 Å². The number of nitrogen functional groups attached to an aromatic ring is 1. The SMILES string of the molecule is CCOC(=O)c1c(-c2ccccc2F)nc(S(C)(=O)=O)c(C#N)c1N. The number of carbonyl (C=O) groups is 1. The summed E-state index contributed by atoms with van der Waals surface area (Å²) >= 11 is 0. The molecule has 0 atom stereocenters. The Morgan fingerprint density at radius 2 is 2.04 bits per heavy atom. The lowest BCUT2D eigenvalue weighted by Crippen LogP contribution is -2.16. The molecule has 7 nitrogen and oxygen atoms in total. The molecule has 0 fully saturated rings. The van der Waals surface area contributed by atoms with Crippen LogP contribution >= 0.6 is 0 Å². The van der Waals surface area contributed by atoms with Crippen LogP contribution in [0.15, 0.2) is 29.3 Å². The Kier molecular flexibility index (Phi) is 5.04. The van der Waals surface area contributed by atoms with Gasteiger partial charge in [-0.05, 0) is 19.1 Å². The van der Waals surface area contributed by atoms with Crippen LogP contribution in [0.2, 0.25) is 0 Å². The highest BCUT2D eigenvalue weighted by Gasteiger charge is 2.29. The molecular weight excluding hydrogens is 349 g/mol. The van der Waals surface area contributed by atoms with Gasteiger partial charge in [0.05, 0.1) is 18.0 Å². The van der Waals surface area contributed by atoms with Gasteiger partial charge in [-0.1, -0.05) is 12.1 Å². The normalized spacial score (nSPS) is 11.0. The number of ether oxygens (including phenoxy) is 1. The fourth-order valence-electron chi connectivity index (χ4n) is 2.22. The fraction of sp³-hybridized carbons (Fsp3) is 0.188. The van der Waals surface area contributed by atoms with E-state index >= 15 is 0 Å². The number of aromatic nitrogens is 1. The third-order valence-corrected chi connectivity index (χ3v) is 4.27. The number of esters is 1. The van der Waals surface area contributed by atoms with Crippen molar-refractivity contribution in [3.05, 3.63) is 41.2 Å². The predicted octanol–water partition coefficient (Wildman–Crippen LogP) is 1.92. The number of rotatable bonds is 4. The molecule has 25 heavy (non-hydrogen) atoms. The van der Waals surface area contributed by atoms with E-state index in [9.17, 15) is 22.9 Å². The van der Waals surface area contributed by atoms with E-state index in [0.29, 0.717) is 0 Å². The summed E-state index contributed by atoms with van der Waals surface area (Å²) in [7, 11) is -3.95. The molecule has 0 bridgehead atoms. The van der Waals surface area contributed by atoms with Gasteiger partial charge in [0.1, 0.15) is 23.0 Å². The van der Waals surface area contributed by atoms with E-state index in [1.165, 1.54) is 18.2 Å². The summed E-state index contributed by atoms with van der Waals surface area (Å²) < 4.78 is 43.0. The first-order valence-corrected chi connectivity index (χ1v) is 8.97. The molecule has 1 aromatic carbocycles. The smallest absolute Gasteiger partial charge is 0.342 e. The zero-order chi connectivity index (χ0) is 18.8. The van der Waals surface area contributed by atoms with Gasteiger partial charge in [0, 0.05) is 11.8 Å². The Morgan fingerprint density at radius 1 is 1.40 bits per heavy atom. The maximum absolute atomic E-state index is 14.2. The van der Waals surface area contributed by atoms with E-state index in [1.54, 1.807) is 13.0 Å². The molecule has 2 N–H and O–H groups in total. The van der Waals surface area contributed by atoms with Crippen molar-refractivity contribution in [2.24, 2.45) is 0 Å². The van der Waals surface area contributed by atoms with E-state index in [-0.39, 0.29) is 23.4 Å². The van der Waals surface area contributed by atoms with Gasteiger partial charge in [0.2, 0.25) is 0 Å². The topological polar surface area (TPSA) is 123 Å². The lowest BCUT2D eigenvalue weighted by Gasteiger charge is -2.15. The molecule has 0 amide bonds. The number of pyridine rings is 1. The first-order chi connectivity index (χ1) is 11.7. The van der Waals surface area contributed by atoms with E-state index in [0.717, 1.165) is 12.3 Å². The van der Waals surface area contributed by atoms with Crippen molar-refractivity contribution >= 4 is 21.5 Å². The van der Waals surface area contributed by atoms with E-state index in [2.05, 4.69) is 4.98 Å². The molecule has 0 unspecified atom stereocenters. The van der Waals surface area contributed by atoms with Crippen LogP contribution in [0.25, 0.3) is 11.3 Å². The molecular formula is C16H14FN3O4S. The zero-order valence-corrected chi connectivity index (χ0v) is 14.2. The van der Waals surface area contributed by atoms with Crippen molar-refractivity contribution in [3.63, 3.8) is 0 Å². The van der Waals surface area contributed by atoms with Crippen LogP contribution in [-0.4, -0.2) is 32.2 Å². The molecule has 9 heteroatoms. The monoisotopic (exact) mass is 363 g/mol. The fourth-order valence-corrected chi connectivity index (χ4v) is 3.00. The number of carbonyl (C=O) groups excluding carboxylic acids is 1. The van der Waals surface area contributed by atoms with Crippen molar-refractivity contribution in [2.75, 3.05) is 18.6 Å². The van der Waals surface area contributed by atoms with Gasteiger partial charge in [-0.3, -0.25) is 0 Å². The average molecular weight is 363 g/mol. The quantitative estimate of drug-likeness (QED) is 0.823. The number of hydrogen-bond donors (Lipinski definition) is 1. The molecule has 1 heterocycles. The summed E-state index contributed by atoms with van der Waals surface area (Å²) in [6, 6.07) is 6.99. The minimum absolute atomic E-state index is 0.00466. The van der Waals surface area contributed by atoms with Gasteiger partial charge in [-0.2, -0.15) is 5.26 Å². The number of benzene rings is 1. The molecule has 0 aliphatic heterocycles. The highest BCUT2D eigenvalue weighted by atomic mass is 32.2. The molecule has 0 radical (unpaired) electrons. The predicted molar refractivity (Wildman–Crippen MR) is 87.8 cm³/mol. The van der Waals surface area contributed by atoms with Crippen LogP contribution in [-0.2, 0) is 14.6 Å². The Bertz CT molecular complexity index is 997. The molecule has 0 aliphatic rings. The summed E-state index contributed by atoms with van der Waals surface area (Å²) in [4.78, 5) is 16.2. The van der Waals surface area contributed by atoms with Gasteiger partial charge >= 0.3 is 5.97 Å². The Labute approximate surface area is 143 Å². The van der Waals surface area contributed by atoms with E-state index in [4.69, 9.17) is 10.5 Å². The summed E-state index contributed by atoms with van der Waals surface area (Å²) in [5, 5.41) is 8.63. The molecule has 0 spiro atoms. The van der Waals surface area contributed by atoms with Crippen molar-refractivity contribution in [1.82, 2.24) is 4.98 Å².